The lowest BCUT2D eigenvalue weighted by molar-refractivity contribution is 0.0997. The average Bonchev–Trinajstić information content (AvgIpc) is 2.40. The summed E-state index contributed by atoms with van der Waals surface area (Å²) in [6, 6.07) is 7.86. The Labute approximate surface area is 103 Å². The van der Waals surface area contributed by atoms with Crippen LogP contribution in [-0.4, -0.2) is 21.8 Å². The summed E-state index contributed by atoms with van der Waals surface area (Å²) < 4.78 is 0. The summed E-state index contributed by atoms with van der Waals surface area (Å²) in [6.07, 6.45) is 2.97. The standard InChI is InChI=1S/C12H10N4O2/c13-10(17)8-2-4-9(5-3-8)16-12(18)11-14-6-1-7-15-11/h1-7H,(H2,13,17)(H,16,18). The molecule has 1 aromatic carbocycles. The van der Waals surface area contributed by atoms with Gasteiger partial charge in [-0.15, -0.1) is 0 Å². The van der Waals surface area contributed by atoms with Crippen LogP contribution in [0.3, 0.4) is 0 Å². The van der Waals surface area contributed by atoms with Crippen LogP contribution in [0, 0.1) is 0 Å². The Kier molecular flexibility index (Phi) is 3.29. The quantitative estimate of drug-likeness (QED) is 0.832. The molecule has 0 spiro atoms. The number of nitrogens with two attached hydrogens (primary N) is 1. The van der Waals surface area contributed by atoms with E-state index in [1.807, 2.05) is 0 Å². The molecular weight excluding hydrogens is 232 g/mol. The molecule has 1 heterocycles. The van der Waals surface area contributed by atoms with Crippen LogP contribution in [0.5, 0.6) is 0 Å². The maximum atomic E-state index is 11.7. The molecule has 1 aromatic heterocycles. The topological polar surface area (TPSA) is 98.0 Å². The number of aromatic nitrogens is 2. The molecule has 0 saturated carbocycles. The van der Waals surface area contributed by atoms with Crippen molar-refractivity contribution in [3.63, 3.8) is 0 Å². The number of amides is 2. The first-order valence-electron chi connectivity index (χ1n) is 5.15. The Hall–Kier alpha value is -2.76. The molecular formula is C12H10N4O2. The molecule has 3 N–H and O–H groups in total. The highest BCUT2D eigenvalue weighted by Crippen LogP contribution is 2.09. The second kappa shape index (κ2) is 5.05. The van der Waals surface area contributed by atoms with Crippen molar-refractivity contribution in [3.05, 3.63) is 54.1 Å². The number of hydrogen-bond donors (Lipinski definition) is 2. The number of nitrogens with zero attached hydrogens (tertiary/aromatic N) is 2. The van der Waals surface area contributed by atoms with Crippen LogP contribution in [0.1, 0.15) is 21.0 Å². The Balaban J connectivity index is 2.10. The maximum absolute atomic E-state index is 11.7. The summed E-state index contributed by atoms with van der Waals surface area (Å²) in [7, 11) is 0. The van der Waals surface area contributed by atoms with E-state index in [2.05, 4.69) is 15.3 Å². The Bertz CT molecular complexity index is 566. The molecule has 0 bridgehead atoms. The van der Waals surface area contributed by atoms with Crippen molar-refractivity contribution in [2.24, 2.45) is 5.73 Å². The molecule has 2 rings (SSSR count). The summed E-state index contributed by atoms with van der Waals surface area (Å²) in [6.45, 7) is 0. The Morgan fingerprint density at radius 1 is 1.06 bits per heavy atom. The normalized spacial score (nSPS) is 9.78. The van der Waals surface area contributed by atoms with E-state index in [-0.39, 0.29) is 5.82 Å². The predicted octanol–water partition coefficient (Wildman–Crippen LogP) is 0.828. The molecule has 0 aliphatic heterocycles. The van der Waals surface area contributed by atoms with E-state index in [9.17, 15) is 9.59 Å². The second-order valence-corrected chi connectivity index (χ2v) is 3.47. The molecule has 2 amide bonds. The van der Waals surface area contributed by atoms with Gasteiger partial charge in [-0.25, -0.2) is 9.97 Å². The summed E-state index contributed by atoms with van der Waals surface area (Å²) in [4.78, 5) is 30.2. The van der Waals surface area contributed by atoms with E-state index < -0.39 is 11.8 Å². The lowest BCUT2D eigenvalue weighted by Crippen LogP contribution is -2.15. The number of carbonyl (C=O) groups is 2. The SMILES string of the molecule is NC(=O)c1ccc(NC(=O)c2ncccn2)cc1. The Morgan fingerprint density at radius 3 is 2.22 bits per heavy atom. The van der Waals surface area contributed by atoms with E-state index in [0.29, 0.717) is 11.3 Å². The zero-order chi connectivity index (χ0) is 13.0. The second-order valence-electron chi connectivity index (χ2n) is 3.47. The minimum atomic E-state index is -0.515. The monoisotopic (exact) mass is 242 g/mol. The Morgan fingerprint density at radius 2 is 1.67 bits per heavy atom. The van der Waals surface area contributed by atoms with Crippen LogP contribution < -0.4 is 11.1 Å². The minimum Gasteiger partial charge on any atom is -0.366 e. The maximum Gasteiger partial charge on any atom is 0.293 e. The molecule has 6 heteroatoms. The van der Waals surface area contributed by atoms with Crippen molar-refractivity contribution in [1.29, 1.82) is 0 Å². The van der Waals surface area contributed by atoms with Crippen molar-refractivity contribution in [3.8, 4) is 0 Å². The first-order valence-corrected chi connectivity index (χ1v) is 5.15. The molecule has 0 aliphatic rings. The van der Waals surface area contributed by atoms with Gasteiger partial charge >= 0.3 is 0 Å². The van der Waals surface area contributed by atoms with Gasteiger partial charge < -0.3 is 11.1 Å². The molecule has 0 saturated heterocycles. The van der Waals surface area contributed by atoms with E-state index in [0.717, 1.165) is 0 Å². The van der Waals surface area contributed by atoms with Gasteiger partial charge in [-0.3, -0.25) is 9.59 Å². The third-order valence-electron chi connectivity index (χ3n) is 2.20. The van der Waals surface area contributed by atoms with Gasteiger partial charge in [0.15, 0.2) is 0 Å². The summed E-state index contributed by atoms with van der Waals surface area (Å²) in [5.41, 5.74) is 6.03. The van der Waals surface area contributed by atoms with E-state index in [4.69, 9.17) is 5.73 Å². The van der Waals surface area contributed by atoms with E-state index in [1.165, 1.54) is 24.5 Å². The third-order valence-corrected chi connectivity index (χ3v) is 2.20. The summed E-state index contributed by atoms with van der Waals surface area (Å²) in [5, 5.41) is 2.61. The van der Waals surface area contributed by atoms with Crippen molar-refractivity contribution < 1.29 is 9.59 Å². The van der Waals surface area contributed by atoms with E-state index in [1.54, 1.807) is 18.2 Å². The van der Waals surface area contributed by atoms with Crippen LogP contribution in [-0.2, 0) is 0 Å². The van der Waals surface area contributed by atoms with Gasteiger partial charge in [-0.05, 0) is 30.3 Å². The fraction of sp³-hybridized carbons (Fsp3) is 0. The summed E-state index contributed by atoms with van der Waals surface area (Å²) in [5.74, 6) is -0.849. The number of nitrogens with one attached hydrogen (secondary N) is 1. The van der Waals surface area contributed by atoms with Gasteiger partial charge in [0.05, 0.1) is 0 Å². The first kappa shape index (κ1) is 11.7. The van der Waals surface area contributed by atoms with Gasteiger partial charge in [-0.2, -0.15) is 0 Å². The third kappa shape index (κ3) is 2.67. The highest BCUT2D eigenvalue weighted by molar-refractivity contribution is 6.01. The van der Waals surface area contributed by atoms with Crippen LogP contribution in [0.15, 0.2) is 42.7 Å². The molecule has 0 unspecified atom stereocenters. The highest BCUT2D eigenvalue weighted by atomic mass is 16.2. The van der Waals surface area contributed by atoms with Crippen LogP contribution in [0.4, 0.5) is 5.69 Å². The van der Waals surface area contributed by atoms with Gasteiger partial charge in [0, 0.05) is 23.6 Å². The van der Waals surface area contributed by atoms with Crippen molar-refractivity contribution in [2.75, 3.05) is 5.32 Å². The van der Waals surface area contributed by atoms with E-state index >= 15 is 0 Å². The molecule has 0 atom stereocenters. The van der Waals surface area contributed by atoms with Crippen LogP contribution >= 0.6 is 0 Å². The van der Waals surface area contributed by atoms with Crippen molar-refractivity contribution >= 4 is 17.5 Å². The zero-order valence-corrected chi connectivity index (χ0v) is 9.33. The van der Waals surface area contributed by atoms with Gasteiger partial charge in [0.25, 0.3) is 5.91 Å². The number of carbonyl (C=O) groups excluding carboxylic acids is 2. The number of primary amides is 1. The lowest BCUT2D eigenvalue weighted by atomic mass is 10.2. The zero-order valence-electron chi connectivity index (χ0n) is 9.33. The van der Waals surface area contributed by atoms with Crippen LogP contribution in [0.2, 0.25) is 0 Å². The van der Waals surface area contributed by atoms with Gasteiger partial charge in [-0.1, -0.05) is 0 Å². The van der Waals surface area contributed by atoms with Crippen LogP contribution in [0.25, 0.3) is 0 Å². The number of rotatable bonds is 3. The highest BCUT2D eigenvalue weighted by Gasteiger charge is 2.08. The fourth-order valence-corrected chi connectivity index (χ4v) is 1.32. The fourth-order valence-electron chi connectivity index (χ4n) is 1.32. The minimum absolute atomic E-state index is 0.0801. The van der Waals surface area contributed by atoms with Crippen molar-refractivity contribution in [2.45, 2.75) is 0 Å². The summed E-state index contributed by atoms with van der Waals surface area (Å²) >= 11 is 0. The smallest absolute Gasteiger partial charge is 0.293 e. The number of benzene rings is 1. The average molecular weight is 242 g/mol. The predicted molar refractivity (Wildman–Crippen MR) is 64.9 cm³/mol. The molecule has 6 nitrogen and oxygen atoms in total. The molecule has 0 aliphatic carbocycles. The molecule has 2 aromatic rings. The lowest BCUT2D eigenvalue weighted by Gasteiger charge is -2.04. The molecule has 90 valence electrons. The molecule has 18 heavy (non-hydrogen) atoms. The number of hydrogen-bond acceptors (Lipinski definition) is 4. The van der Waals surface area contributed by atoms with Gasteiger partial charge in [0.2, 0.25) is 11.7 Å². The molecule has 0 radical (unpaired) electrons. The first-order chi connectivity index (χ1) is 8.66. The van der Waals surface area contributed by atoms with Gasteiger partial charge in [0.1, 0.15) is 0 Å². The van der Waals surface area contributed by atoms with Crippen molar-refractivity contribution in [1.82, 2.24) is 9.97 Å². The number of anilines is 1. The largest absolute Gasteiger partial charge is 0.366 e. The molecule has 0 fully saturated rings.